The summed E-state index contributed by atoms with van der Waals surface area (Å²) < 4.78 is 12.8. The molecule has 5 heteroatoms. The van der Waals surface area contributed by atoms with Crippen LogP contribution in [0.25, 0.3) is 0 Å². The molecule has 1 aromatic rings. The summed E-state index contributed by atoms with van der Waals surface area (Å²) >= 11 is 0. The first kappa shape index (κ1) is 8.40. The fraction of sp³-hybridized carbons (Fsp3) is 0.375. The highest BCUT2D eigenvalue weighted by Crippen LogP contribution is 2.27. The van der Waals surface area contributed by atoms with E-state index in [2.05, 4.69) is 10.5 Å². The fourth-order valence-corrected chi connectivity index (χ4v) is 1.32. The van der Waals surface area contributed by atoms with E-state index in [1.807, 2.05) is 0 Å². The molecule has 4 nitrogen and oxygen atoms in total. The topological polar surface area (TPSA) is 54.4 Å². The molecule has 0 spiro atoms. The number of aromatic nitrogens is 1. The number of aromatic hydroxyl groups is 1. The van der Waals surface area contributed by atoms with Crippen LogP contribution in [0.4, 0.5) is 4.39 Å². The molecule has 1 aliphatic rings. The summed E-state index contributed by atoms with van der Waals surface area (Å²) in [7, 11) is 0. The van der Waals surface area contributed by atoms with E-state index in [1.165, 1.54) is 6.07 Å². The molecule has 70 valence electrons. The van der Waals surface area contributed by atoms with Gasteiger partial charge in [-0.15, -0.1) is 0 Å². The first-order valence-electron chi connectivity index (χ1n) is 3.99. The number of nitrogens with one attached hydrogen (secondary N) is 1. The minimum atomic E-state index is -0.457. The molecule has 1 aliphatic heterocycles. The molecular formula is C8H9FN2O2. The van der Waals surface area contributed by atoms with Gasteiger partial charge in [0.1, 0.15) is 5.82 Å². The third-order valence-electron chi connectivity index (χ3n) is 1.97. The summed E-state index contributed by atoms with van der Waals surface area (Å²) in [6, 6.07) is 1.09. The van der Waals surface area contributed by atoms with Gasteiger partial charge >= 0.3 is 0 Å². The van der Waals surface area contributed by atoms with E-state index in [0.29, 0.717) is 18.6 Å². The van der Waals surface area contributed by atoms with E-state index >= 15 is 0 Å². The van der Waals surface area contributed by atoms with Gasteiger partial charge in [-0.2, -0.15) is 5.48 Å². The first-order chi connectivity index (χ1) is 6.27. The molecule has 1 aromatic heterocycles. The van der Waals surface area contributed by atoms with Crippen molar-refractivity contribution in [3.8, 4) is 5.88 Å². The van der Waals surface area contributed by atoms with E-state index in [-0.39, 0.29) is 11.9 Å². The zero-order valence-corrected chi connectivity index (χ0v) is 6.83. The first-order valence-corrected chi connectivity index (χ1v) is 3.99. The highest BCUT2D eigenvalue weighted by atomic mass is 19.1. The van der Waals surface area contributed by atoms with Crippen molar-refractivity contribution in [2.45, 2.75) is 12.5 Å². The smallest absolute Gasteiger partial charge is 0.215 e. The number of hydrogen-bond acceptors (Lipinski definition) is 4. The lowest BCUT2D eigenvalue weighted by Crippen LogP contribution is -2.12. The van der Waals surface area contributed by atoms with Crippen molar-refractivity contribution in [2.24, 2.45) is 0 Å². The van der Waals surface area contributed by atoms with Crippen LogP contribution in [0.2, 0.25) is 0 Å². The van der Waals surface area contributed by atoms with Gasteiger partial charge in [0.2, 0.25) is 5.88 Å². The molecule has 1 saturated heterocycles. The molecule has 0 aromatic carbocycles. The lowest BCUT2D eigenvalue weighted by Gasteiger charge is -2.09. The van der Waals surface area contributed by atoms with E-state index in [0.717, 1.165) is 6.20 Å². The van der Waals surface area contributed by atoms with Crippen molar-refractivity contribution in [2.75, 3.05) is 6.61 Å². The van der Waals surface area contributed by atoms with Gasteiger partial charge in [0.05, 0.1) is 18.8 Å². The largest absolute Gasteiger partial charge is 0.493 e. The highest BCUT2D eigenvalue weighted by Gasteiger charge is 2.21. The van der Waals surface area contributed by atoms with Crippen molar-refractivity contribution < 1.29 is 14.3 Å². The normalized spacial score (nSPS) is 22.1. The molecule has 2 rings (SSSR count). The number of hydroxylamine groups is 1. The number of halogens is 1. The third-order valence-corrected chi connectivity index (χ3v) is 1.97. The third kappa shape index (κ3) is 1.61. The Kier molecular flexibility index (Phi) is 2.12. The number of nitrogens with zero attached hydrogens (tertiary/aromatic N) is 1. The number of rotatable bonds is 1. The molecule has 2 N–H and O–H groups in total. The van der Waals surface area contributed by atoms with Crippen molar-refractivity contribution in [3.05, 3.63) is 23.6 Å². The standard InChI is InChI=1S/C8H9FN2O2/c9-5-3-6(8(12)10-4-5)7-1-2-13-11-7/h3-4,7,11H,1-2H2,(H,10,12)/t7-/m1/s1. The molecule has 0 amide bonds. The Morgan fingerprint density at radius 2 is 2.54 bits per heavy atom. The van der Waals surface area contributed by atoms with E-state index in [4.69, 9.17) is 4.84 Å². The maximum Gasteiger partial charge on any atom is 0.215 e. The molecular weight excluding hydrogens is 175 g/mol. The summed E-state index contributed by atoms with van der Waals surface area (Å²) in [6.07, 6.45) is 1.69. The van der Waals surface area contributed by atoms with Crippen LogP contribution in [0.15, 0.2) is 12.3 Å². The summed E-state index contributed by atoms with van der Waals surface area (Å²) in [5.74, 6) is -0.606. The van der Waals surface area contributed by atoms with E-state index in [9.17, 15) is 9.50 Å². The second kappa shape index (κ2) is 3.27. The van der Waals surface area contributed by atoms with Crippen LogP contribution in [0.1, 0.15) is 18.0 Å². The van der Waals surface area contributed by atoms with E-state index in [1.54, 1.807) is 0 Å². The molecule has 13 heavy (non-hydrogen) atoms. The Bertz CT molecular complexity index is 313. The zero-order valence-electron chi connectivity index (χ0n) is 6.83. The van der Waals surface area contributed by atoms with Gasteiger partial charge < -0.3 is 9.94 Å². The Hall–Kier alpha value is -1.20. The zero-order chi connectivity index (χ0) is 9.26. The average Bonchev–Trinajstić information content (AvgIpc) is 2.61. The van der Waals surface area contributed by atoms with Crippen molar-refractivity contribution in [1.82, 2.24) is 10.5 Å². The molecule has 0 aliphatic carbocycles. The van der Waals surface area contributed by atoms with Gasteiger partial charge in [-0.05, 0) is 12.5 Å². The Balaban J connectivity index is 2.32. The minimum absolute atomic E-state index is 0.149. The summed E-state index contributed by atoms with van der Waals surface area (Å²) in [5.41, 5.74) is 3.12. The average molecular weight is 184 g/mol. The molecule has 2 heterocycles. The molecule has 0 radical (unpaired) electrons. The molecule has 1 fully saturated rings. The Morgan fingerprint density at radius 3 is 3.23 bits per heavy atom. The predicted molar refractivity (Wildman–Crippen MR) is 42.3 cm³/mol. The van der Waals surface area contributed by atoms with E-state index < -0.39 is 5.82 Å². The maximum atomic E-state index is 12.8. The minimum Gasteiger partial charge on any atom is -0.493 e. The van der Waals surface area contributed by atoms with Crippen molar-refractivity contribution >= 4 is 0 Å². The van der Waals surface area contributed by atoms with Crippen molar-refractivity contribution in [3.63, 3.8) is 0 Å². The second-order valence-electron chi connectivity index (χ2n) is 2.87. The Morgan fingerprint density at radius 1 is 1.69 bits per heavy atom. The van der Waals surface area contributed by atoms with Gasteiger partial charge in [0, 0.05) is 5.56 Å². The molecule has 0 saturated carbocycles. The van der Waals surface area contributed by atoms with Crippen LogP contribution < -0.4 is 5.48 Å². The van der Waals surface area contributed by atoms with Crippen LogP contribution >= 0.6 is 0 Å². The quantitative estimate of drug-likeness (QED) is 0.680. The lowest BCUT2D eigenvalue weighted by atomic mass is 10.1. The van der Waals surface area contributed by atoms with Gasteiger partial charge in [-0.1, -0.05) is 0 Å². The van der Waals surface area contributed by atoms with Gasteiger partial charge in [0.15, 0.2) is 0 Å². The van der Waals surface area contributed by atoms with Gasteiger partial charge in [0.25, 0.3) is 0 Å². The van der Waals surface area contributed by atoms with Gasteiger partial charge in [-0.3, -0.25) is 0 Å². The second-order valence-corrected chi connectivity index (χ2v) is 2.87. The number of pyridine rings is 1. The van der Waals surface area contributed by atoms with Crippen LogP contribution in [0.3, 0.4) is 0 Å². The molecule has 0 unspecified atom stereocenters. The fourth-order valence-electron chi connectivity index (χ4n) is 1.32. The lowest BCUT2D eigenvalue weighted by molar-refractivity contribution is 0.0877. The molecule has 1 atom stereocenters. The summed E-state index contributed by atoms with van der Waals surface area (Å²) in [6.45, 7) is 0.556. The monoisotopic (exact) mass is 184 g/mol. The predicted octanol–water partition coefficient (Wildman–Crippen LogP) is 0.892. The number of hydrogen-bond donors (Lipinski definition) is 2. The van der Waals surface area contributed by atoms with Crippen molar-refractivity contribution in [1.29, 1.82) is 0 Å². The maximum absolute atomic E-state index is 12.8. The summed E-state index contributed by atoms with van der Waals surface area (Å²) in [5, 5.41) is 9.32. The van der Waals surface area contributed by atoms with Crippen LogP contribution in [0, 0.1) is 5.82 Å². The molecule has 0 bridgehead atoms. The van der Waals surface area contributed by atoms with Crippen LogP contribution in [0.5, 0.6) is 5.88 Å². The Labute approximate surface area is 74.3 Å². The van der Waals surface area contributed by atoms with Crippen LogP contribution in [-0.4, -0.2) is 16.7 Å². The van der Waals surface area contributed by atoms with Crippen LogP contribution in [-0.2, 0) is 4.84 Å². The summed E-state index contributed by atoms with van der Waals surface area (Å²) in [4.78, 5) is 8.40. The van der Waals surface area contributed by atoms with Gasteiger partial charge in [-0.25, -0.2) is 9.37 Å². The highest BCUT2D eigenvalue weighted by molar-refractivity contribution is 5.28. The SMILES string of the molecule is Oc1ncc(F)cc1[C@H]1CCON1.